The van der Waals surface area contributed by atoms with E-state index in [0.717, 1.165) is 22.7 Å². The van der Waals surface area contributed by atoms with Gasteiger partial charge >= 0.3 is 65.6 Å². The van der Waals surface area contributed by atoms with Gasteiger partial charge in [-0.1, -0.05) is 13.8 Å². The van der Waals surface area contributed by atoms with E-state index < -0.39 is 14.2 Å². The maximum atomic E-state index is 10.6. The van der Waals surface area contributed by atoms with Crippen molar-refractivity contribution in [2.24, 2.45) is 28.4 Å². The van der Waals surface area contributed by atoms with E-state index in [4.69, 9.17) is 13.3 Å². The van der Waals surface area contributed by atoms with Gasteiger partial charge in [0.15, 0.2) is 0 Å². The third kappa shape index (κ3) is 6.13. The molecular weight excluding hydrogens is 409 g/mol. The average Bonchev–Trinajstić information content (AvgIpc) is 2.42. The summed E-state index contributed by atoms with van der Waals surface area (Å²) in [6.07, 6.45) is 9.33. The molecule has 0 atom stereocenters. The van der Waals surface area contributed by atoms with E-state index in [2.05, 4.69) is 19.6 Å². The van der Waals surface area contributed by atoms with Crippen LogP contribution in [0.25, 0.3) is 0 Å². The van der Waals surface area contributed by atoms with Crippen LogP contribution in [0.3, 0.4) is 0 Å². The topological polar surface area (TPSA) is 121 Å². The van der Waals surface area contributed by atoms with Crippen molar-refractivity contribution in [1.29, 1.82) is 0 Å². The fourth-order valence-corrected chi connectivity index (χ4v) is 7.30. The van der Waals surface area contributed by atoms with Crippen molar-refractivity contribution in [2.45, 2.75) is 59.3 Å². The molecule has 4 fully saturated rings. The predicted molar refractivity (Wildman–Crippen MR) is 104 cm³/mol. The van der Waals surface area contributed by atoms with Gasteiger partial charge in [-0.2, -0.15) is 0 Å². The molecule has 0 radical (unpaired) electrons. The first-order valence-electron chi connectivity index (χ1n) is 9.42. The van der Waals surface area contributed by atoms with Gasteiger partial charge in [-0.3, -0.25) is 4.79 Å². The first-order valence-corrected chi connectivity index (χ1v) is 12.8. The van der Waals surface area contributed by atoms with Gasteiger partial charge in [-0.05, 0) is 61.2 Å². The quantitative estimate of drug-likeness (QED) is 0.497. The summed E-state index contributed by atoms with van der Waals surface area (Å²) < 4.78 is 27.7. The Balaban J connectivity index is 0.000000163. The number of benzene rings is 1. The molecule has 5 N–H and O–H groups in total. The Kier molecular flexibility index (Phi) is 6.55. The molecule has 0 spiro atoms. The molecule has 6 nitrogen and oxygen atoms in total. The van der Waals surface area contributed by atoms with Crippen molar-refractivity contribution in [3.05, 3.63) is 24.3 Å². The van der Waals surface area contributed by atoms with Crippen LogP contribution in [-0.2, 0) is 8.53 Å². The number of carbonyl (C=O) groups is 1. The van der Waals surface area contributed by atoms with Gasteiger partial charge in [0.1, 0.15) is 0 Å². The number of phenols is 1. The van der Waals surface area contributed by atoms with Crippen LogP contribution in [0.2, 0.25) is 0 Å². The van der Waals surface area contributed by atoms with Crippen molar-refractivity contribution in [1.82, 2.24) is 0 Å². The van der Waals surface area contributed by atoms with E-state index in [1.807, 2.05) is 0 Å². The second-order valence-electron chi connectivity index (χ2n) is 9.23. The third-order valence-corrected chi connectivity index (χ3v) is 7.95. The minimum atomic E-state index is -4.90. The second-order valence-corrected chi connectivity index (χ2v) is 12.5. The van der Waals surface area contributed by atoms with Crippen LogP contribution in [0.1, 0.15) is 59.3 Å². The van der Waals surface area contributed by atoms with Gasteiger partial charge in [0, 0.05) is 6.92 Å². The molecule has 0 heterocycles. The molecule has 7 heteroatoms. The molecule has 4 aliphatic carbocycles. The molecule has 1 aromatic rings. The Morgan fingerprint density at radius 3 is 1.78 bits per heavy atom. The minimum absolute atomic E-state index is 0.273. The number of amides is 1. The predicted octanol–water partition coefficient (Wildman–Crippen LogP) is 2.06. The van der Waals surface area contributed by atoms with Crippen LogP contribution in [0.15, 0.2) is 24.3 Å². The van der Waals surface area contributed by atoms with Crippen LogP contribution in [0.5, 0.6) is 5.75 Å². The van der Waals surface area contributed by atoms with Crippen molar-refractivity contribution < 1.29 is 21.8 Å². The molecular formula is C20H32AsNO5. The monoisotopic (exact) mass is 441 g/mol. The Bertz CT molecular complexity index is 691. The van der Waals surface area contributed by atoms with Crippen molar-refractivity contribution in [3.8, 4) is 5.75 Å². The van der Waals surface area contributed by atoms with Crippen LogP contribution in [-0.4, -0.2) is 33.4 Å². The molecule has 0 saturated heterocycles. The van der Waals surface area contributed by atoms with E-state index in [1.54, 1.807) is 32.1 Å². The summed E-state index contributed by atoms with van der Waals surface area (Å²) in [6, 6.07) is 5.44. The van der Waals surface area contributed by atoms with E-state index >= 15 is 0 Å². The fraction of sp³-hybridized carbons (Fsp3) is 0.650. The van der Waals surface area contributed by atoms with Crippen molar-refractivity contribution >= 4 is 24.4 Å². The van der Waals surface area contributed by atoms with Gasteiger partial charge in [-0.25, -0.2) is 0 Å². The standard InChI is InChI=1S/C12H20.C6H7AsO4.C2H5NO/c1-11-4-9-3-10(5-11)7-12(2,6-9)8-11;8-6-4-2-1-3-5(6)7(9,10)11;1-2(3)4/h9-10H,3-8H2,1-2H3;1-4,8H,(H2,9,10,11);1H3,(H2,3,4). The number of rotatable bonds is 1. The Morgan fingerprint density at radius 1 is 1.07 bits per heavy atom. The number of primary amides is 1. The second kappa shape index (κ2) is 8.02. The van der Waals surface area contributed by atoms with Crippen LogP contribution < -0.4 is 10.1 Å². The molecule has 4 saturated carbocycles. The number of carbonyl (C=O) groups excluding carboxylic acids is 1. The molecule has 0 aliphatic heterocycles. The fourth-order valence-electron chi connectivity index (χ4n) is 5.93. The Hall–Kier alpha value is -1.23. The van der Waals surface area contributed by atoms with Crippen molar-refractivity contribution in [2.75, 3.05) is 0 Å². The molecule has 4 bridgehead atoms. The van der Waals surface area contributed by atoms with E-state index in [1.165, 1.54) is 37.6 Å². The Morgan fingerprint density at radius 2 is 1.48 bits per heavy atom. The zero-order valence-corrected chi connectivity index (χ0v) is 18.3. The first kappa shape index (κ1) is 22.1. The number of para-hydroxylation sites is 1. The summed E-state index contributed by atoms with van der Waals surface area (Å²) in [4.78, 5) is 9.22. The zero-order chi connectivity index (χ0) is 20.5. The van der Waals surface area contributed by atoms with Gasteiger partial charge in [0.2, 0.25) is 5.91 Å². The van der Waals surface area contributed by atoms with Gasteiger partial charge in [-0.15, -0.1) is 0 Å². The number of aromatic hydroxyl groups is 1. The Labute approximate surface area is 164 Å². The third-order valence-electron chi connectivity index (χ3n) is 5.84. The number of phenolic OH excluding ortho intramolecular Hbond substituents is 1. The molecule has 5 rings (SSSR count). The van der Waals surface area contributed by atoms with E-state index in [9.17, 15) is 8.53 Å². The summed E-state index contributed by atoms with van der Waals surface area (Å²) in [5.41, 5.74) is 6.00. The number of hydrogen-bond acceptors (Lipinski definition) is 3. The van der Waals surface area contributed by atoms with Gasteiger partial charge < -0.3 is 5.73 Å². The average molecular weight is 441 g/mol. The molecule has 1 aromatic carbocycles. The molecule has 1 amide bonds. The molecule has 0 unspecified atom stereocenters. The van der Waals surface area contributed by atoms with Crippen LogP contribution >= 0.6 is 0 Å². The normalized spacial score (nSPS) is 33.4. The molecule has 4 aliphatic rings. The van der Waals surface area contributed by atoms with E-state index in [0.29, 0.717) is 0 Å². The molecule has 152 valence electrons. The zero-order valence-electron chi connectivity index (χ0n) is 16.4. The summed E-state index contributed by atoms with van der Waals surface area (Å²) in [5, 5.41) is 8.97. The summed E-state index contributed by atoms with van der Waals surface area (Å²) in [7, 11) is 0. The maximum absolute atomic E-state index is 10.6. The van der Waals surface area contributed by atoms with Gasteiger partial charge in [0.05, 0.1) is 0 Å². The molecule has 27 heavy (non-hydrogen) atoms. The first-order chi connectivity index (χ1) is 12.3. The summed E-state index contributed by atoms with van der Waals surface area (Å²) in [6.45, 7) is 6.39. The van der Waals surface area contributed by atoms with E-state index in [-0.39, 0.29) is 16.0 Å². The van der Waals surface area contributed by atoms with Crippen molar-refractivity contribution in [3.63, 3.8) is 0 Å². The molecule has 0 aromatic heterocycles. The van der Waals surface area contributed by atoms with Gasteiger partial charge in [0.25, 0.3) is 0 Å². The van der Waals surface area contributed by atoms with Crippen LogP contribution in [0, 0.1) is 22.7 Å². The summed E-state index contributed by atoms with van der Waals surface area (Å²) in [5.74, 6) is 1.54. The summed E-state index contributed by atoms with van der Waals surface area (Å²) >= 11 is -4.90. The number of nitrogens with two attached hydrogens (primary N) is 1. The number of hydrogen-bond donors (Lipinski definition) is 4. The van der Waals surface area contributed by atoms with Crippen LogP contribution in [0.4, 0.5) is 0 Å². The SMILES string of the molecule is CC(N)=O.CC12CC3CC(C1)CC(C)(C3)C2.O=[As](O)(O)c1ccccc1O.